The molecular weight excluding hydrogens is 596 g/mol. The molecular formula is C41H30N4O3. The Morgan fingerprint density at radius 2 is 1.33 bits per heavy atom. The third-order valence-electron chi connectivity index (χ3n) is 7.63. The molecule has 232 valence electrons. The minimum absolute atomic E-state index is 0.0664. The van der Waals surface area contributed by atoms with Crippen LogP contribution < -0.4 is 15.4 Å². The Kier molecular flexibility index (Phi) is 9.14. The molecule has 0 atom stereocenters. The molecule has 48 heavy (non-hydrogen) atoms. The zero-order valence-corrected chi connectivity index (χ0v) is 26.4. The molecule has 7 heteroatoms. The van der Waals surface area contributed by atoms with Crippen molar-refractivity contribution in [1.29, 1.82) is 5.26 Å². The SMILES string of the molecule is [C-]#[N+]/C(C#N)=C1C=C(/C=C/c2ccc(N(c3ccccc3)c3ccccc3)cc2)OC(/C=C/c2cc3ccc(N(C)C)cc3oc2=O)=C\1. The Morgan fingerprint density at radius 1 is 0.750 bits per heavy atom. The van der Waals surface area contributed by atoms with Gasteiger partial charge in [0.05, 0.1) is 18.2 Å². The molecule has 0 aliphatic carbocycles. The summed E-state index contributed by atoms with van der Waals surface area (Å²) in [6.45, 7) is 7.47. The number of anilines is 4. The van der Waals surface area contributed by atoms with Gasteiger partial charge in [0, 0.05) is 48.3 Å². The highest BCUT2D eigenvalue weighted by Gasteiger charge is 2.14. The lowest BCUT2D eigenvalue weighted by atomic mass is 10.1. The molecule has 5 aromatic rings. The Bertz CT molecular complexity index is 2210. The second-order valence-corrected chi connectivity index (χ2v) is 11.1. The lowest BCUT2D eigenvalue weighted by Gasteiger charge is -2.25. The molecule has 0 saturated heterocycles. The third kappa shape index (κ3) is 7.02. The summed E-state index contributed by atoms with van der Waals surface area (Å²) in [6, 6.07) is 37.9. The fourth-order valence-corrected chi connectivity index (χ4v) is 5.19. The maximum absolute atomic E-state index is 12.8. The van der Waals surface area contributed by atoms with Crippen molar-refractivity contribution in [3.63, 3.8) is 0 Å². The lowest BCUT2D eigenvalue weighted by molar-refractivity contribution is 0.332. The van der Waals surface area contributed by atoms with Gasteiger partial charge in [0.2, 0.25) is 0 Å². The van der Waals surface area contributed by atoms with Gasteiger partial charge in [0.15, 0.2) is 0 Å². The molecule has 1 aliphatic rings. The molecule has 0 radical (unpaired) electrons. The van der Waals surface area contributed by atoms with Gasteiger partial charge in [-0.05, 0) is 96.1 Å². The van der Waals surface area contributed by atoms with Crippen molar-refractivity contribution in [3.8, 4) is 6.07 Å². The Balaban J connectivity index is 1.25. The van der Waals surface area contributed by atoms with Crippen molar-refractivity contribution in [2.24, 2.45) is 0 Å². The van der Waals surface area contributed by atoms with Crippen LogP contribution in [0, 0.1) is 17.9 Å². The van der Waals surface area contributed by atoms with Gasteiger partial charge in [-0.25, -0.2) is 14.9 Å². The molecule has 0 saturated carbocycles. The van der Waals surface area contributed by atoms with Gasteiger partial charge in [-0.1, -0.05) is 54.6 Å². The van der Waals surface area contributed by atoms with Gasteiger partial charge in [0.1, 0.15) is 17.1 Å². The van der Waals surface area contributed by atoms with Crippen molar-refractivity contribution < 1.29 is 9.15 Å². The van der Waals surface area contributed by atoms with Crippen LogP contribution in [0.1, 0.15) is 11.1 Å². The van der Waals surface area contributed by atoms with Crippen molar-refractivity contribution in [2.75, 3.05) is 23.9 Å². The monoisotopic (exact) mass is 626 g/mol. The van der Waals surface area contributed by atoms with E-state index in [1.807, 2.05) is 97.9 Å². The molecule has 0 fully saturated rings. The minimum atomic E-state index is -0.488. The van der Waals surface area contributed by atoms with Crippen LogP contribution in [0.25, 0.3) is 28.0 Å². The van der Waals surface area contributed by atoms with E-state index >= 15 is 0 Å². The molecule has 0 unspecified atom stereocenters. The number of fused-ring (bicyclic) bond motifs is 1. The van der Waals surface area contributed by atoms with E-state index in [1.54, 1.807) is 36.4 Å². The number of rotatable bonds is 8. The maximum atomic E-state index is 12.8. The van der Waals surface area contributed by atoms with Crippen molar-refractivity contribution >= 4 is 45.9 Å². The van der Waals surface area contributed by atoms with Crippen LogP contribution in [-0.4, -0.2) is 14.1 Å². The summed E-state index contributed by atoms with van der Waals surface area (Å²) in [6.07, 6.45) is 10.2. The van der Waals surface area contributed by atoms with Crippen LogP contribution in [0.15, 0.2) is 165 Å². The van der Waals surface area contributed by atoms with E-state index in [0.29, 0.717) is 28.2 Å². The van der Waals surface area contributed by atoms with Gasteiger partial charge in [-0.15, -0.1) is 0 Å². The predicted molar refractivity (Wildman–Crippen MR) is 192 cm³/mol. The summed E-state index contributed by atoms with van der Waals surface area (Å²) in [5.41, 5.74) is 5.65. The summed E-state index contributed by atoms with van der Waals surface area (Å²) >= 11 is 0. The van der Waals surface area contributed by atoms with Crippen LogP contribution >= 0.6 is 0 Å². The van der Waals surface area contributed by atoms with Gasteiger partial charge >= 0.3 is 5.63 Å². The van der Waals surface area contributed by atoms with E-state index in [0.717, 1.165) is 33.7 Å². The zero-order valence-electron chi connectivity index (χ0n) is 26.4. The Labute approximate surface area is 279 Å². The van der Waals surface area contributed by atoms with Crippen molar-refractivity contribution in [3.05, 3.63) is 189 Å². The standard InChI is InChI=1S/C41H30N4O3/c1-43-39(28-42)32-25-37(47-38(26-32)23-18-31-24-30-17-21-36(44(2)3)27-40(30)48-41(31)46)22-16-29-14-19-35(20-15-29)45(33-10-6-4-7-11-33)34-12-8-5-9-13-34/h4-27H,2-3H3/b22-16+,23-18+,39-32+. The van der Waals surface area contributed by atoms with E-state index in [-0.39, 0.29) is 5.70 Å². The second kappa shape index (κ2) is 14.1. The number of hydrogen-bond acceptors (Lipinski definition) is 6. The van der Waals surface area contributed by atoms with Gasteiger partial charge < -0.3 is 19.0 Å². The van der Waals surface area contributed by atoms with Crippen LogP contribution in [0.5, 0.6) is 0 Å². The number of hydrogen-bond donors (Lipinski definition) is 0. The number of benzene rings is 4. The third-order valence-corrected chi connectivity index (χ3v) is 7.63. The molecule has 0 N–H and O–H groups in total. The number of nitriles is 1. The highest BCUT2D eigenvalue weighted by molar-refractivity contribution is 5.82. The van der Waals surface area contributed by atoms with Crippen LogP contribution in [-0.2, 0) is 4.74 Å². The maximum Gasteiger partial charge on any atom is 0.343 e. The average molecular weight is 627 g/mol. The second-order valence-electron chi connectivity index (χ2n) is 11.1. The highest BCUT2D eigenvalue weighted by atomic mass is 16.5. The molecule has 7 nitrogen and oxygen atoms in total. The van der Waals surface area contributed by atoms with Crippen molar-refractivity contribution in [1.82, 2.24) is 0 Å². The van der Waals surface area contributed by atoms with Crippen LogP contribution in [0.4, 0.5) is 22.7 Å². The average Bonchev–Trinajstić information content (AvgIpc) is 3.11. The normalized spacial score (nSPS) is 13.8. The van der Waals surface area contributed by atoms with E-state index in [1.165, 1.54) is 0 Å². The number of ether oxygens (including phenoxy) is 1. The predicted octanol–water partition coefficient (Wildman–Crippen LogP) is 9.55. The fraction of sp³-hybridized carbons (Fsp3) is 0.0488. The molecule has 1 aliphatic heterocycles. The quantitative estimate of drug-likeness (QED) is 0.0970. The van der Waals surface area contributed by atoms with Crippen molar-refractivity contribution in [2.45, 2.75) is 0 Å². The van der Waals surface area contributed by atoms with Gasteiger partial charge in [0.25, 0.3) is 5.70 Å². The first-order valence-electron chi connectivity index (χ1n) is 15.2. The summed E-state index contributed by atoms with van der Waals surface area (Å²) in [7, 11) is 3.84. The molecule has 0 amide bonds. The highest BCUT2D eigenvalue weighted by Crippen LogP contribution is 2.34. The van der Waals surface area contributed by atoms with Crippen LogP contribution in [0.3, 0.4) is 0 Å². The fourth-order valence-electron chi connectivity index (χ4n) is 5.19. The smallest absolute Gasteiger partial charge is 0.343 e. The first-order chi connectivity index (χ1) is 23.4. The number of allylic oxidation sites excluding steroid dienone is 6. The molecule has 4 aromatic carbocycles. The first kappa shape index (κ1) is 31.2. The lowest BCUT2D eigenvalue weighted by Crippen LogP contribution is -2.09. The summed E-state index contributed by atoms with van der Waals surface area (Å²) in [5.74, 6) is 0.798. The summed E-state index contributed by atoms with van der Waals surface area (Å²) < 4.78 is 11.7. The molecule has 1 aromatic heterocycles. The molecule has 0 spiro atoms. The summed E-state index contributed by atoms with van der Waals surface area (Å²) in [4.78, 5) is 20.3. The van der Waals surface area contributed by atoms with Gasteiger partial charge in [-0.2, -0.15) is 0 Å². The van der Waals surface area contributed by atoms with E-state index in [9.17, 15) is 10.1 Å². The Morgan fingerprint density at radius 3 is 1.92 bits per heavy atom. The molecule has 6 rings (SSSR count). The summed E-state index contributed by atoms with van der Waals surface area (Å²) in [5, 5.41) is 10.4. The topological polar surface area (TPSA) is 74.1 Å². The van der Waals surface area contributed by atoms with E-state index < -0.39 is 5.63 Å². The molecule has 2 heterocycles. The number of para-hydroxylation sites is 2. The Hall–Kier alpha value is -6.83. The largest absolute Gasteiger partial charge is 0.457 e. The zero-order chi connectivity index (χ0) is 33.5. The first-order valence-corrected chi connectivity index (χ1v) is 15.2. The number of nitrogens with zero attached hydrogens (tertiary/aromatic N) is 4. The van der Waals surface area contributed by atoms with Gasteiger partial charge in [-0.3, -0.25) is 0 Å². The van der Waals surface area contributed by atoms with E-state index in [4.69, 9.17) is 15.7 Å². The minimum Gasteiger partial charge on any atom is -0.457 e. The van der Waals surface area contributed by atoms with E-state index in [2.05, 4.69) is 46.1 Å². The van der Waals surface area contributed by atoms with Crippen LogP contribution in [0.2, 0.25) is 0 Å². The molecule has 0 bridgehead atoms.